The van der Waals surface area contributed by atoms with E-state index >= 15 is 0 Å². The lowest BCUT2D eigenvalue weighted by Gasteiger charge is -2.26. The molecule has 1 aromatic heterocycles. The van der Waals surface area contributed by atoms with Crippen molar-refractivity contribution in [2.45, 2.75) is 19.9 Å². The third kappa shape index (κ3) is 7.13. The van der Waals surface area contributed by atoms with Gasteiger partial charge in [0.05, 0.1) is 26.7 Å². The first-order valence-corrected chi connectivity index (χ1v) is 10.4. The Hall–Kier alpha value is -3.31. The summed E-state index contributed by atoms with van der Waals surface area (Å²) in [5.74, 6) is -0.551. The zero-order valence-electron chi connectivity index (χ0n) is 18.8. The molecule has 0 aliphatic carbocycles. The smallest absolute Gasteiger partial charge is 0.263 e. The number of hydrogen-bond donors (Lipinski definition) is 5. The molecule has 32 heavy (non-hydrogen) atoms. The van der Waals surface area contributed by atoms with E-state index in [2.05, 4.69) is 20.5 Å². The Morgan fingerprint density at radius 1 is 1.34 bits per heavy atom. The molecule has 11 heteroatoms. The molecule has 0 atom stereocenters. The molecule has 0 radical (unpaired) electrons. The fourth-order valence-electron chi connectivity index (χ4n) is 2.99. The third-order valence-corrected chi connectivity index (χ3v) is 4.80. The summed E-state index contributed by atoms with van der Waals surface area (Å²) in [4.78, 5) is 20.8. The Balaban J connectivity index is 2.05. The fourth-order valence-corrected chi connectivity index (χ4v) is 2.99. The highest BCUT2D eigenvalue weighted by Gasteiger charge is 2.19. The van der Waals surface area contributed by atoms with Crippen LogP contribution in [0, 0.1) is 16.2 Å². The normalized spacial score (nSPS) is 14.6. The summed E-state index contributed by atoms with van der Waals surface area (Å²) in [7, 11) is 1.33. The topological polar surface area (TPSA) is 151 Å². The minimum Gasteiger partial charge on any atom is -0.481 e. The van der Waals surface area contributed by atoms with E-state index in [9.17, 15) is 4.79 Å². The molecule has 1 fully saturated rings. The van der Waals surface area contributed by atoms with Gasteiger partial charge in [0, 0.05) is 38.4 Å². The van der Waals surface area contributed by atoms with Gasteiger partial charge in [-0.3, -0.25) is 25.9 Å². The highest BCUT2D eigenvalue weighted by atomic mass is 16.5. The molecule has 0 aromatic carbocycles. The van der Waals surface area contributed by atoms with E-state index in [4.69, 9.17) is 25.7 Å². The number of nitrogens with zero attached hydrogens (tertiary/aromatic N) is 3. The number of amidine groups is 1. The molecule has 174 valence electrons. The Bertz CT molecular complexity index is 849. The van der Waals surface area contributed by atoms with E-state index in [0.717, 1.165) is 39.2 Å². The largest absolute Gasteiger partial charge is 0.481 e. The number of rotatable bonds is 10. The number of pyridine rings is 1. The van der Waals surface area contributed by atoms with Crippen molar-refractivity contribution in [1.82, 2.24) is 20.1 Å². The zero-order chi connectivity index (χ0) is 23.5. The van der Waals surface area contributed by atoms with Gasteiger partial charge in [-0.2, -0.15) is 0 Å². The van der Waals surface area contributed by atoms with Gasteiger partial charge in [-0.05, 0) is 26.0 Å². The average molecular weight is 445 g/mol. The van der Waals surface area contributed by atoms with Gasteiger partial charge in [0.15, 0.2) is 5.84 Å². The first-order valence-electron chi connectivity index (χ1n) is 10.4. The number of hydrogen-bond acceptors (Lipinski definition) is 9. The number of morpholine rings is 1. The van der Waals surface area contributed by atoms with E-state index in [1.807, 2.05) is 13.8 Å². The number of carbonyl (C=O) groups excluding carboxylic acids is 1. The quantitative estimate of drug-likeness (QED) is 0.157. The van der Waals surface area contributed by atoms with Crippen LogP contribution in [0.15, 0.2) is 30.0 Å². The third-order valence-electron chi connectivity index (χ3n) is 4.80. The maximum atomic E-state index is 12.8. The van der Waals surface area contributed by atoms with Crippen molar-refractivity contribution in [2.24, 2.45) is 0 Å². The van der Waals surface area contributed by atoms with Crippen molar-refractivity contribution in [3.05, 3.63) is 35.7 Å². The molecule has 0 spiro atoms. The molecule has 11 nitrogen and oxygen atoms in total. The monoisotopic (exact) mass is 444 g/mol. The van der Waals surface area contributed by atoms with E-state index < -0.39 is 5.91 Å². The van der Waals surface area contributed by atoms with Crippen LogP contribution in [0.3, 0.4) is 0 Å². The molecule has 1 amide bonds. The molecule has 1 aliphatic heterocycles. The van der Waals surface area contributed by atoms with Crippen LogP contribution < -0.4 is 10.6 Å². The molecule has 0 unspecified atom stereocenters. The van der Waals surface area contributed by atoms with E-state index in [1.165, 1.54) is 18.2 Å². The SMILES string of the molecule is COC(=N)/C(=C\NCCN1CCOCC1)C(=O)Nc1cccc(C(=N)N(C=N)C(C)C)n1. The summed E-state index contributed by atoms with van der Waals surface area (Å²) in [6.45, 7) is 8.31. The van der Waals surface area contributed by atoms with Gasteiger partial charge in [0.1, 0.15) is 17.1 Å². The molecule has 0 bridgehead atoms. The molecule has 1 aromatic rings. The van der Waals surface area contributed by atoms with Crippen LogP contribution in [-0.2, 0) is 14.3 Å². The standard InChI is InChI=1S/C21H32N8O3/c1-15(2)29(14-22)19(23)17-5-4-6-18(26-17)27-21(30)16(20(24)31-3)13-25-7-8-28-9-11-32-12-10-28/h4-6,13-15,22-25H,7-12H2,1-3H3,(H,26,27,30)/b16-13+,22-14?,23-19?,24-20?. The number of ether oxygens (including phenoxy) is 2. The van der Waals surface area contributed by atoms with E-state index in [-0.39, 0.29) is 29.2 Å². The maximum absolute atomic E-state index is 12.8. The number of anilines is 1. The van der Waals surface area contributed by atoms with Gasteiger partial charge < -0.3 is 25.0 Å². The predicted molar refractivity (Wildman–Crippen MR) is 124 cm³/mol. The van der Waals surface area contributed by atoms with Crippen LogP contribution >= 0.6 is 0 Å². The zero-order valence-corrected chi connectivity index (χ0v) is 18.8. The summed E-state index contributed by atoms with van der Waals surface area (Å²) in [6, 6.07) is 4.82. The van der Waals surface area contributed by atoms with E-state index in [1.54, 1.807) is 18.2 Å². The summed E-state index contributed by atoms with van der Waals surface area (Å²) in [5.41, 5.74) is 0.344. The number of aromatic nitrogens is 1. The molecule has 1 saturated heterocycles. The minimum atomic E-state index is -0.556. The second-order valence-electron chi connectivity index (χ2n) is 7.34. The van der Waals surface area contributed by atoms with Crippen LogP contribution in [0.5, 0.6) is 0 Å². The van der Waals surface area contributed by atoms with Crippen molar-refractivity contribution in [1.29, 1.82) is 16.2 Å². The average Bonchev–Trinajstić information content (AvgIpc) is 2.79. The number of methoxy groups -OCH3 is 1. The number of amides is 1. The van der Waals surface area contributed by atoms with Crippen molar-refractivity contribution in [2.75, 3.05) is 51.8 Å². The first-order chi connectivity index (χ1) is 15.4. The lowest BCUT2D eigenvalue weighted by molar-refractivity contribution is -0.112. The minimum absolute atomic E-state index is 0.0278. The summed E-state index contributed by atoms with van der Waals surface area (Å²) < 4.78 is 10.3. The molecule has 2 heterocycles. The number of carbonyl (C=O) groups is 1. The summed E-state index contributed by atoms with van der Waals surface area (Å²) in [5, 5.41) is 29.5. The second-order valence-corrected chi connectivity index (χ2v) is 7.34. The van der Waals surface area contributed by atoms with Gasteiger partial charge in [0.25, 0.3) is 5.91 Å². The van der Waals surface area contributed by atoms with Crippen LogP contribution in [0.4, 0.5) is 5.82 Å². The molecular formula is C21H32N8O3. The van der Waals surface area contributed by atoms with Crippen LogP contribution in [0.1, 0.15) is 19.5 Å². The van der Waals surface area contributed by atoms with Crippen molar-refractivity contribution in [3.8, 4) is 0 Å². The number of nitrogens with one attached hydrogen (secondary N) is 5. The molecular weight excluding hydrogens is 412 g/mol. The summed E-state index contributed by atoms with van der Waals surface area (Å²) >= 11 is 0. The van der Waals surface area contributed by atoms with E-state index in [0.29, 0.717) is 12.2 Å². The van der Waals surface area contributed by atoms with Gasteiger partial charge in [0.2, 0.25) is 5.90 Å². The lowest BCUT2D eigenvalue weighted by Crippen LogP contribution is -2.39. The molecule has 5 N–H and O–H groups in total. The van der Waals surface area contributed by atoms with Crippen molar-refractivity contribution in [3.63, 3.8) is 0 Å². The molecule has 2 rings (SSSR count). The molecule has 0 saturated carbocycles. The Labute approximate surface area is 188 Å². The lowest BCUT2D eigenvalue weighted by atomic mass is 10.2. The Kier molecular flexibility index (Phi) is 9.76. The second kappa shape index (κ2) is 12.5. The van der Waals surface area contributed by atoms with Crippen molar-refractivity contribution < 1.29 is 14.3 Å². The highest BCUT2D eigenvalue weighted by molar-refractivity contribution is 6.21. The summed E-state index contributed by atoms with van der Waals surface area (Å²) in [6.07, 6.45) is 2.53. The van der Waals surface area contributed by atoms with Gasteiger partial charge in [-0.25, -0.2) is 4.98 Å². The Morgan fingerprint density at radius 2 is 2.06 bits per heavy atom. The van der Waals surface area contributed by atoms with Gasteiger partial charge >= 0.3 is 0 Å². The van der Waals surface area contributed by atoms with Crippen LogP contribution in [-0.4, -0.2) is 91.3 Å². The van der Waals surface area contributed by atoms with Gasteiger partial charge in [-0.1, -0.05) is 6.07 Å². The van der Waals surface area contributed by atoms with Crippen molar-refractivity contribution >= 4 is 29.8 Å². The fraction of sp³-hybridized carbons (Fsp3) is 0.476. The van der Waals surface area contributed by atoms with Gasteiger partial charge in [-0.15, -0.1) is 0 Å². The maximum Gasteiger partial charge on any atom is 0.263 e. The molecule has 1 aliphatic rings. The first kappa shape index (κ1) is 25.0. The predicted octanol–water partition coefficient (Wildman–Crippen LogP) is 1.09. The van der Waals surface area contributed by atoms with Crippen LogP contribution in [0.25, 0.3) is 0 Å². The highest BCUT2D eigenvalue weighted by Crippen LogP contribution is 2.11. The Morgan fingerprint density at radius 3 is 2.69 bits per heavy atom. The van der Waals surface area contributed by atoms with Crippen LogP contribution in [0.2, 0.25) is 0 Å².